The zero-order valence-electron chi connectivity index (χ0n) is 20.3. The van der Waals surface area contributed by atoms with Crippen LogP contribution in [-0.4, -0.2) is 56.7 Å². The van der Waals surface area contributed by atoms with E-state index < -0.39 is 0 Å². The summed E-state index contributed by atoms with van der Waals surface area (Å²) in [5.41, 5.74) is 2.69. The topological polar surface area (TPSA) is 68.6 Å². The fraction of sp³-hybridized carbons (Fsp3) is 0.692. The van der Waals surface area contributed by atoms with Gasteiger partial charge in [0, 0.05) is 32.2 Å². The van der Waals surface area contributed by atoms with Crippen molar-refractivity contribution in [2.45, 2.75) is 70.8 Å². The number of piperazine rings is 1. The number of ether oxygens (including phenoxy) is 1. The summed E-state index contributed by atoms with van der Waals surface area (Å²) < 4.78 is 5.67. The molecule has 1 aliphatic carbocycles. The summed E-state index contributed by atoms with van der Waals surface area (Å²) in [5, 5.41) is 11.6. The minimum Gasteiger partial charge on any atom is -0.495 e. The van der Waals surface area contributed by atoms with E-state index in [0.29, 0.717) is 0 Å². The zero-order chi connectivity index (χ0) is 23.1. The average Bonchev–Trinajstić information content (AvgIpc) is 2.78. The molecule has 0 spiro atoms. The molecule has 1 amide bonds. The van der Waals surface area contributed by atoms with Crippen molar-refractivity contribution in [3.05, 3.63) is 23.8 Å². The minimum absolute atomic E-state index is 0.0295. The van der Waals surface area contributed by atoms with Crippen LogP contribution in [-0.2, 0) is 10.2 Å². The Hall–Kier alpha value is -2.26. The number of nitrogens with one attached hydrogen (secondary N) is 1. The van der Waals surface area contributed by atoms with Crippen LogP contribution in [0.15, 0.2) is 18.2 Å². The van der Waals surface area contributed by atoms with Crippen molar-refractivity contribution in [2.75, 3.05) is 44.7 Å². The zero-order valence-corrected chi connectivity index (χ0v) is 20.3. The third kappa shape index (κ3) is 6.62. The second-order valence-electron chi connectivity index (χ2n) is 10.4. The van der Waals surface area contributed by atoms with Crippen LogP contribution >= 0.6 is 0 Å². The molecule has 1 N–H and O–H groups in total. The van der Waals surface area contributed by atoms with Gasteiger partial charge in [0.15, 0.2) is 0 Å². The Labute approximate surface area is 193 Å². The number of nitriles is 1. The number of benzene rings is 1. The Bertz CT molecular complexity index is 795. The van der Waals surface area contributed by atoms with E-state index >= 15 is 0 Å². The summed E-state index contributed by atoms with van der Waals surface area (Å²) in [6.07, 6.45) is 5.64. The van der Waals surface area contributed by atoms with Crippen LogP contribution < -0.4 is 15.0 Å². The third-order valence-corrected chi connectivity index (χ3v) is 7.06. The molecule has 0 atom stereocenters. The Kier molecular flexibility index (Phi) is 8.42. The molecule has 6 heteroatoms. The van der Waals surface area contributed by atoms with Crippen LogP contribution in [0.3, 0.4) is 0 Å². The first kappa shape index (κ1) is 24.4. The van der Waals surface area contributed by atoms with Gasteiger partial charge in [0.05, 0.1) is 18.9 Å². The fourth-order valence-electron chi connectivity index (χ4n) is 4.93. The van der Waals surface area contributed by atoms with Gasteiger partial charge in [-0.3, -0.25) is 9.69 Å². The lowest BCUT2D eigenvalue weighted by molar-refractivity contribution is -0.121. The quantitative estimate of drug-likeness (QED) is 0.692. The number of anilines is 1. The number of amides is 1. The maximum absolute atomic E-state index is 11.6. The lowest BCUT2D eigenvalue weighted by Crippen LogP contribution is -2.47. The van der Waals surface area contributed by atoms with E-state index in [4.69, 9.17) is 10.00 Å². The predicted octanol–water partition coefficient (Wildman–Crippen LogP) is 4.09. The number of hydrogen-bond donors (Lipinski definition) is 1. The molecule has 1 aliphatic heterocycles. The van der Waals surface area contributed by atoms with Gasteiger partial charge in [-0.25, -0.2) is 0 Å². The Morgan fingerprint density at radius 3 is 2.44 bits per heavy atom. The van der Waals surface area contributed by atoms with Crippen LogP contribution in [0.1, 0.15) is 64.9 Å². The lowest BCUT2D eigenvalue weighted by atomic mass is 9.84. The molecular weight excluding hydrogens is 400 g/mol. The van der Waals surface area contributed by atoms with Crippen molar-refractivity contribution in [3.8, 4) is 11.8 Å². The van der Waals surface area contributed by atoms with E-state index in [1.807, 2.05) is 6.07 Å². The molecule has 1 saturated heterocycles. The molecule has 1 saturated carbocycles. The molecule has 176 valence electrons. The predicted molar refractivity (Wildman–Crippen MR) is 129 cm³/mol. The van der Waals surface area contributed by atoms with Crippen LogP contribution in [0.2, 0.25) is 0 Å². The number of carbonyl (C=O) groups is 1. The highest BCUT2D eigenvalue weighted by atomic mass is 16.5. The SMILES string of the molecule is COc1ccc(C(C)(C)C)cc1N1CCN(CCC2CCC(NC(=O)CC#N)CC2)CC1. The van der Waals surface area contributed by atoms with E-state index in [0.717, 1.165) is 57.2 Å². The third-order valence-electron chi connectivity index (χ3n) is 7.06. The van der Waals surface area contributed by atoms with Crippen LogP contribution in [0.5, 0.6) is 5.75 Å². The summed E-state index contributed by atoms with van der Waals surface area (Å²) in [4.78, 5) is 16.7. The normalized spacial score (nSPS) is 22.3. The smallest absolute Gasteiger partial charge is 0.234 e. The van der Waals surface area contributed by atoms with Crippen molar-refractivity contribution < 1.29 is 9.53 Å². The molecule has 1 heterocycles. The summed E-state index contributed by atoms with van der Waals surface area (Å²) in [7, 11) is 1.76. The molecule has 2 fully saturated rings. The second-order valence-corrected chi connectivity index (χ2v) is 10.4. The molecule has 1 aromatic carbocycles. The summed E-state index contributed by atoms with van der Waals surface area (Å²) >= 11 is 0. The van der Waals surface area contributed by atoms with Crippen LogP contribution in [0.4, 0.5) is 5.69 Å². The molecule has 6 nitrogen and oxygen atoms in total. The van der Waals surface area contributed by atoms with Gasteiger partial charge < -0.3 is 15.0 Å². The highest BCUT2D eigenvalue weighted by Crippen LogP contribution is 2.34. The van der Waals surface area contributed by atoms with Gasteiger partial charge in [0.2, 0.25) is 5.91 Å². The monoisotopic (exact) mass is 440 g/mol. The number of methoxy groups -OCH3 is 1. The first-order chi connectivity index (χ1) is 15.3. The summed E-state index contributed by atoms with van der Waals surface area (Å²) in [6, 6.07) is 8.79. The highest BCUT2D eigenvalue weighted by Gasteiger charge is 2.25. The highest BCUT2D eigenvalue weighted by molar-refractivity contribution is 5.78. The van der Waals surface area contributed by atoms with Crippen LogP contribution in [0.25, 0.3) is 0 Å². The van der Waals surface area contributed by atoms with Gasteiger partial charge >= 0.3 is 0 Å². The standard InChI is InChI=1S/C26H40N4O2/c1-26(2,3)21-7-10-24(32-4)23(19-21)30-17-15-29(16-18-30)14-12-20-5-8-22(9-6-20)28-25(31)11-13-27/h7,10,19-20,22H,5-6,8-9,11-12,14-18H2,1-4H3,(H,28,31). The van der Waals surface area contributed by atoms with Crippen LogP contribution in [0, 0.1) is 17.2 Å². The molecule has 0 radical (unpaired) electrons. The van der Waals surface area contributed by atoms with Gasteiger partial charge in [-0.1, -0.05) is 26.8 Å². The molecule has 1 aromatic rings. The van der Waals surface area contributed by atoms with Crippen molar-refractivity contribution in [3.63, 3.8) is 0 Å². The molecule has 0 aromatic heterocycles. The Morgan fingerprint density at radius 2 is 1.84 bits per heavy atom. The van der Waals surface area contributed by atoms with E-state index in [9.17, 15) is 4.79 Å². The van der Waals surface area contributed by atoms with Crippen molar-refractivity contribution >= 4 is 11.6 Å². The van der Waals surface area contributed by atoms with E-state index in [2.05, 4.69) is 54.1 Å². The number of hydrogen-bond acceptors (Lipinski definition) is 5. The Balaban J connectivity index is 1.43. The molecule has 3 rings (SSSR count). The van der Waals surface area contributed by atoms with Gasteiger partial charge in [-0.2, -0.15) is 5.26 Å². The van der Waals surface area contributed by atoms with Gasteiger partial charge in [0.1, 0.15) is 12.2 Å². The van der Waals surface area contributed by atoms with Gasteiger partial charge in [-0.15, -0.1) is 0 Å². The molecule has 0 unspecified atom stereocenters. The van der Waals surface area contributed by atoms with E-state index in [1.165, 1.54) is 30.5 Å². The van der Waals surface area contributed by atoms with Crippen molar-refractivity contribution in [1.29, 1.82) is 5.26 Å². The lowest BCUT2D eigenvalue weighted by Gasteiger charge is -2.38. The molecule has 0 bridgehead atoms. The molecular formula is C26H40N4O2. The van der Waals surface area contributed by atoms with E-state index in [1.54, 1.807) is 7.11 Å². The van der Waals surface area contributed by atoms with Crippen molar-refractivity contribution in [2.24, 2.45) is 5.92 Å². The maximum Gasteiger partial charge on any atom is 0.234 e. The first-order valence-corrected chi connectivity index (χ1v) is 12.1. The van der Waals surface area contributed by atoms with Gasteiger partial charge in [-0.05, 0) is 67.7 Å². The van der Waals surface area contributed by atoms with E-state index in [-0.39, 0.29) is 23.8 Å². The maximum atomic E-state index is 11.6. The minimum atomic E-state index is -0.126. The second kappa shape index (κ2) is 11.0. The first-order valence-electron chi connectivity index (χ1n) is 12.1. The van der Waals surface area contributed by atoms with Gasteiger partial charge in [0.25, 0.3) is 0 Å². The largest absolute Gasteiger partial charge is 0.495 e. The molecule has 2 aliphatic rings. The number of rotatable bonds is 7. The summed E-state index contributed by atoms with van der Waals surface area (Å²) in [5.74, 6) is 1.59. The van der Waals surface area contributed by atoms with Crippen molar-refractivity contribution in [1.82, 2.24) is 10.2 Å². The number of nitrogens with zero attached hydrogens (tertiary/aromatic N) is 3. The molecule has 32 heavy (non-hydrogen) atoms. The number of carbonyl (C=O) groups excluding carboxylic acids is 1. The fourth-order valence-corrected chi connectivity index (χ4v) is 4.93. The summed E-state index contributed by atoms with van der Waals surface area (Å²) in [6.45, 7) is 12.1. The Morgan fingerprint density at radius 1 is 1.16 bits per heavy atom. The average molecular weight is 441 g/mol.